The number of amides is 3. The van der Waals surface area contributed by atoms with E-state index in [4.69, 9.17) is 0 Å². The number of hydrogen-bond acceptors (Lipinski definition) is 4. The standard InChI is InChI=1S/C21H32N4O3/c1-16-8-9-17(14-19(16)25-13-4-7-20(25)27)23-21(28)22-10-5-12-24-11-3-2-6-18(24)15-26/h8-9,14,18,26H,2-7,10-13,15H2,1H3,(H2,22,23,28)/t18-/m1/s1. The number of aliphatic hydroxyl groups is 1. The first-order valence-corrected chi connectivity index (χ1v) is 10.4. The van der Waals surface area contributed by atoms with Gasteiger partial charge in [0.25, 0.3) is 0 Å². The highest BCUT2D eigenvalue weighted by Gasteiger charge is 2.23. The highest BCUT2D eigenvalue weighted by atomic mass is 16.3. The Labute approximate surface area is 167 Å². The molecule has 2 heterocycles. The minimum Gasteiger partial charge on any atom is -0.395 e. The summed E-state index contributed by atoms with van der Waals surface area (Å²) in [6, 6.07) is 5.69. The summed E-state index contributed by atoms with van der Waals surface area (Å²) in [6.45, 7) is 5.43. The van der Waals surface area contributed by atoms with Crippen LogP contribution in [0.2, 0.25) is 0 Å². The Morgan fingerprint density at radius 1 is 1.25 bits per heavy atom. The molecule has 28 heavy (non-hydrogen) atoms. The summed E-state index contributed by atoms with van der Waals surface area (Å²) in [5, 5.41) is 15.2. The minimum atomic E-state index is -0.236. The number of likely N-dealkylation sites (tertiary alicyclic amines) is 1. The number of aliphatic hydroxyl groups excluding tert-OH is 1. The summed E-state index contributed by atoms with van der Waals surface area (Å²) in [5.41, 5.74) is 2.59. The molecule has 0 aromatic heterocycles. The number of hydrogen-bond donors (Lipinski definition) is 3. The van der Waals surface area contributed by atoms with E-state index < -0.39 is 0 Å². The lowest BCUT2D eigenvalue weighted by Gasteiger charge is -2.34. The highest BCUT2D eigenvalue weighted by Crippen LogP contribution is 2.28. The predicted octanol–water partition coefficient (Wildman–Crippen LogP) is 2.48. The van der Waals surface area contributed by atoms with Crippen molar-refractivity contribution in [1.82, 2.24) is 10.2 Å². The normalized spacial score (nSPS) is 20.4. The number of benzene rings is 1. The quantitative estimate of drug-likeness (QED) is 0.627. The summed E-state index contributed by atoms with van der Waals surface area (Å²) in [4.78, 5) is 28.3. The number of nitrogens with one attached hydrogen (secondary N) is 2. The maximum Gasteiger partial charge on any atom is 0.319 e. The third-order valence-electron chi connectivity index (χ3n) is 5.70. The van der Waals surface area contributed by atoms with Crippen LogP contribution >= 0.6 is 0 Å². The van der Waals surface area contributed by atoms with Crippen molar-refractivity contribution in [3.05, 3.63) is 23.8 Å². The van der Waals surface area contributed by atoms with Gasteiger partial charge in [0.2, 0.25) is 5.91 Å². The summed E-state index contributed by atoms with van der Waals surface area (Å²) < 4.78 is 0. The molecule has 1 atom stereocenters. The number of carbonyl (C=O) groups is 2. The third kappa shape index (κ3) is 5.23. The number of anilines is 2. The van der Waals surface area contributed by atoms with E-state index in [0.717, 1.165) is 50.1 Å². The lowest BCUT2D eigenvalue weighted by Crippen LogP contribution is -2.43. The van der Waals surface area contributed by atoms with Gasteiger partial charge in [-0.05, 0) is 56.8 Å². The zero-order valence-electron chi connectivity index (χ0n) is 16.7. The summed E-state index contributed by atoms with van der Waals surface area (Å²) in [5.74, 6) is 0.142. The number of urea groups is 1. The number of rotatable bonds is 7. The molecule has 3 N–H and O–H groups in total. The van der Waals surface area contributed by atoms with Gasteiger partial charge in [-0.1, -0.05) is 12.5 Å². The number of aryl methyl sites for hydroxylation is 1. The molecular formula is C21H32N4O3. The Balaban J connectivity index is 1.45. The van der Waals surface area contributed by atoms with Crippen LogP contribution in [0.5, 0.6) is 0 Å². The average Bonchev–Trinajstić information content (AvgIpc) is 3.12. The molecule has 2 saturated heterocycles. The van der Waals surface area contributed by atoms with E-state index in [1.54, 1.807) is 4.90 Å². The van der Waals surface area contributed by atoms with Gasteiger partial charge >= 0.3 is 6.03 Å². The third-order valence-corrected chi connectivity index (χ3v) is 5.70. The second-order valence-corrected chi connectivity index (χ2v) is 7.75. The topological polar surface area (TPSA) is 84.9 Å². The van der Waals surface area contributed by atoms with Crippen LogP contribution in [0.4, 0.5) is 16.2 Å². The molecule has 0 aliphatic carbocycles. The second-order valence-electron chi connectivity index (χ2n) is 7.75. The monoisotopic (exact) mass is 388 g/mol. The molecule has 7 nitrogen and oxygen atoms in total. The van der Waals surface area contributed by atoms with E-state index in [1.165, 1.54) is 12.8 Å². The van der Waals surface area contributed by atoms with Gasteiger partial charge in [-0.15, -0.1) is 0 Å². The molecule has 0 unspecified atom stereocenters. The van der Waals surface area contributed by atoms with Crippen molar-refractivity contribution in [3.8, 4) is 0 Å². The van der Waals surface area contributed by atoms with Crippen molar-refractivity contribution in [3.63, 3.8) is 0 Å². The van der Waals surface area contributed by atoms with Gasteiger partial charge in [0.1, 0.15) is 0 Å². The number of piperidine rings is 1. The molecule has 154 valence electrons. The molecule has 0 bridgehead atoms. The van der Waals surface area contributed by atoms with E-state index in [1.807, 2.05) is 25.1 Å². The van der Waals surface area contributed by atoms with Crippen molar-refractivity contribution in [2.75, 3.05) is 43.0 Å². The lowest BCUT2D eigenvalue weighted by molar-refractivity contribution is -0.117. The average molecular weight is 389 g/mol. The molecule has 0 radical (unpaired) electrons. The van der Waals surface area contributed by atoms with Crippen LogP contribution in [0.1, 0.15) is 44.1 Å². The first-order valence-electron chi connectivity index (χ1n) is 10.4. The van der Waals surface area contributed by atoms with Gasteiger partial charge in [0.05, 0.1) is 6.61 Å². The highest BCUT2D eigenvalue weighted by molar-refractivity contribution is 5.97. The maximum absolute atomic E-state index is 12.2. The molecule has 2 fully saturated rings. The molecule has 2 aliphatic rings. The van der Waals surface area contributed by atoms with E-state index in [9.17, 15) is 14.7 Å². The van der Waals surface area contributed by atoms with Crippen LogP contribution in [0, 0.1) is 6.92 Å². The SMILES string of the molecule is Cc1ccc(NC(=O)NCCCN2CCCC[C@@H]2CO)cc1N1CCCC1=O. The molecule has 3 rings (SSSR count). The van der Waals surface area contributed by atoms with Gasteiger partial charge in [-0.25, -0.2) is 4.79 Å². The first kappa shape index (κ1) is 20.6. The molecule has 2 aliphatic heterocycles. The van der Waals surface area contributed by atoms with Crippen LogP contribution in [0.25, 0.3) is 0 Å². The Morgan fingerprint density at radius 3 is 2.86 bits per heavy atom. The van der Waals surface area contributed by atoms with Crippen molar-refractivity contribution >= 4 is 23.3 Å². The zero-order valence-corrected chi connectivity index (χ0v) is 16.7. The van der Waals surface area contributed by atoms with E-state index >= 15 is 0 Å². The summed E-state index contributed by atoms with van der Waals surface area (Å²) in [7, 11) is 0. The lowest BCUT2D eigenvalue weighted by atomic mass is 10.0. The summed E-state index contributed by atoms with van der Waals surface area (Å²) >= 11 is 0. The molecule has 7 heteroatoms. The first-order chi connectivity index (χ1) is 13.6. The van der Waals surface area contributed by atoms with Crippen LogP contribution < -0.4 is 15.5 Å². The molecule has 0 spiro atoms. The van der Waals surface area contributed by atoms with Gasteiger partial charge in [-0.3, -0.25) is 9.69 Å². The van der Waals surface area contributed by atoms with E-state index in [-0.39, 0.29) is 24.6 Å². The van der Waals surface area contributed by atoms with Crippen molar-refractivity contribution in [2.24, 2.45) is 0 Å². The van der Waals surface area contributed by atoms with Gasteiger partial charge in [-0.2, -0.15) is 0 Å². The Kier molecular flexibility index (Phi) is 7.28. The minimum absolute atomic E-state index is 0.142. The molecular weight excluding hydrogens is 356 g/mol. The van der Waals surface area contributed by atoms with Crippen LogP contribution in [0.3, 0.4) is 0 Å². The fourth-order valence-corrected chi connectivity index (χ4v) is 4.10. The zero-order chi connectivity index (χ0) is 19.9. The van der Waals surface area contributed by atoms with Crippen LogP contribution in [-0.2, 0) is 4.79 Å². The fraction of sp³-hybridized carbons (Fsp3) is 0.619. The fourth-order valence-electron chi connectivity index (χ4n) is 4.10. The van der Waals surface area contributed by atoms with Crippen LogP contribution in [0.15, 0.2) is 18.2 Å². The van der Waals surface area contributed by atoms with Crippen molar-refractivity contribution in [2.45, 2.75) is 51.5 Å². The van der Waals surface area contributed by atoms with Crippen LogP contribution in [-0.4, -0.2) is 60.8 Å². The van der Waals surface area contributed by atoms with Gasteiger partial charge in [0, 0.05) is 43.5 Å². The molecule has 1 aromatic carbocycles. The smallest absolute Gasteiger partial charge is 0.319 e. The van der Waals surface area contributed by atoms with Crippen molar-refractivity contribution in [1.29, 1.82) is 0 Å². The van der Waals surface area contributed by atoms with Gasteiger partial charge < -0.3 is 20.6 Å². The Hall–Kier alpha value is -2.12. The van der Waals surface area contributed by atoms with Crippen molar-refractivity contribution < 1.29 is 14.7 Å². The van der Waals surface area contributed by atoms with E-state index in [0.29, 0.717) is 18.7 Å². The largest absolute Gasteiger partial charge is 0.395 e. The Morgan fingerprint density at radius 2 is 2.11 bits per heavy atom. The number of nitrogens with zero attached hydrogens (tertiary/aromatic N) is 2. The molecule has 0 saturated carbocycles. The second kappa shape index (κ2) is 9.89. The van der Waals surface area contributed by atoms with E-state index in [2.05, 4.69) is 15.5 Å². The van der Waals surface area contributed by atoms with Gasteiger partial charge in [0.15, 0.2) is 0 Å². The summed E-state index contributed by atoms with van der Waals surface area (Å²) in [6.07, 6.45) is 5.74. The predicted molar refractivity (Wildman–Crippen MR) is 111 cm³/mol. The Bertz CT molecular complexity index is 694. The maximum atomic E-state index is 12.2. The molecule has 3 amide bonds. The molecule has 1 aromatic rings. The number of carbonyl (C=O) groups excluding carboxylic acids is 2.